The second-order valence-corrected chi connectivity index (χ2v) is 8.69. The summed E-state index contributed by atoms with van der Waals surface area (Å²) in [5, 5.41) is 3.96. The Kier molecular flexibility index (Phi) is 8.16. The van der Waals surface area contributed by atoms with Gasteiger partial charge in [0.1, 0.15) is 11.5 Å². The van der Waals surface area contributed by atoms with Crippen molar-refractivity contribution < 1.29 is 32.2 Å². The van der Waals surface area contributed by atoms with Gasteiger partial charge in [0.2, 0.25) is 0 Å². The average molecular weight is 500 g/mol. The number of sulfonamides is 1. The first-order valence-electron chi connectivity index (χ1n) is 10.2. The van der Waals surface area contributed by atoms with Crippen LogP contribution in [0.3, 0.4) is 0 Å². The zero-order valence-electron chi connectivity index (χ0n) is 19.6. The first-order chi connectivity index (χ1) is 16.8. The number of carbonyl (C=O) groups excluding carboxylic acids is 1. The number of anilines is 1. The predicted molar refractivity (Wildman–Crippen MR) is 131 cm³/mol. The van der Waals surface area contributed by atoms with E-state index in [4.69, 9.17) is 18.9 Å². The van der Waals surface area contributed by atoms with Gasteiger partial charge < -0.3 is 18.9 Å². The van der Waals surface area contributed by atoms with Crippen LogP contribution in [-0.2, 0) is 10.0 Å². The lowest BCUT2D eigenvalue weighted by molar-refractivity contribution is 0.0955. The Morgan fingerprint density at radius 2 is 1.49 bits per heavy atom. The van der Waals surface area contributed by atoms with Crippen LogP contribution in [0.15, 0.2) is 70.7 Å². The molecule has 1 amide bonds. The number of hydrogen-bond acceptors (Lipinski definition) is 8. The van der Waals surface area contributed by atoms with Crippen LogP contribution in [0.5, 0.6) is 23.0 Å². The third-order valence-electron chi connectivity index (χ3n) is 4.85. The predicted octanol–water partition coefficient (Wildman–Crippen LogP) is 3.29. The number of nitrogens with zero attached hydrogens (tertiary/aromatic N) is 1. The third kappa shape index (κ3) is 6.21. The van der Waals surface area contributed by atoms with Gasteiger partial charge >= 0.3 is 0 Å². The monoisotopic (exact) mass is 499 g/mol. The number of carbonyl (C=O) groups is 1. The smallest absolute Gasteiger partial charge is 0.271 e. The molecule has 0 saturated heterocycles. The van der Waals surface area contributed by atoms with Gasteiger partial charge in [0.05, 0.1) is 39.5 Å². The molecule has 3 aromatic rings. The topological polar surface area (TPSA) is 125 Å². The highest BCUT2D eigenvalue weighted by atomic mass is 32.2. The van der Waals surface area contributed by atoms with E-state index in [1.54, 1.807) is 36.4 Å². The highest BCUT2D eigenvalue weighted by molar-refractivity contribution is 7.92. The lowest BCUT2D eigenvalue weighted by Crippen LogP contribution is -2.19. The molecule has 0 aliphatic heterocycles. The molecule has 184 valence electrons. The molecule has 10 nitrogen and oxygen atoms in total. The molecule has 0 saturated carbocycles. The molecule has 0 aliphatic rings. The second kappa shape index (κ2) is 11.3. The first kappa shape index (κ1) is 25.4. The number of nitrogens with one attached hydrogen (secondary N) is 2. The molecular weight excluding hydrogens is 474 g/mol. The van der Waals surface area contributed by atoms with Crippen molar-refractivity contribution in [2.75, 3.05) is 33.2 Å². The van der Waals surface area contributed by atoms with Crippen molar-refractivity contribution in [2.45, 2.75) is 4.90 Å². The summed E-state index contributed by atoms with van der Waals surface area (Å²) in [4.78, 5) is 12.5. The van der Waals surface area contributed by atoms with Crippen LogP contribution in [0.4, 0.5) is 5.69 Å². The molecule has 0 unspecified atom stereocenters. The summed E-state index contributed by atoms with van der Waals surface area (Å²) in [6, 6.07) is 15.3. The van der Waals surface area contributed by atoms with Crippen LogP contribution in [0, 0.1) is 0 Å². The quantitative estimate of drug-likeness (QED) is 0.324. The number of hydrazone groups is 1. The van der Waals surface area contributed by atoms with Gasteiger partial charge in [0, 0.05) is 22.9 Å². The number of benzene rings is 3. The van der Waals surface area contributed by atoms with Gasteiger partial charge in [-0.15, -0.1) is 0 Å². The Morgan fingerprint density at radius 3 is 2.11 bits per heavy atom. The molecule has 3 aromatic carbocycles. The molecule has 0 aromatic heterocycles. The Labute approximate surface area is 203 Å². The Balaban J connectivity index is 1.75. The molecule has 2 N–H and O–H groups in total. The molecule has 0 heterocycles. The van der Waals surface area contributed by atoms with E-state index in [0.29, 0.717) is 34.2 Å². The molecule has 0 atom stereocenters. The standard InChI is InChI=1S/C24H25N3O7S/c1-31-19-10-8-18(9-11-19)27-35(29,30)20-7-5-6-16(12-20)24(28)26-25-15-17-13-22(33-3)23(34-4)14-21(17)32-2/h5-15,27H,1-4H3,(H,26,28). The molecule has 11 heteroatoms. The number of methoxy groups -OCH3 is 4. The lowest BCUT2D eigenvalue weighted by atomic mass is 10.2. The maximum absolute atomic E-state index is 12.8. The zero-order chi connectivity index (χ0) is 25.4. The van der Waals surface area contributed by atoms with E-state index in [-0.39, 0.29) is 10.5 Å². The summed E-state index contributed by atoms with van der Waals surface area (Å²) in [6.45, 7) is 0. The van der Waals surface area contributed by atoms with E-state index >= 15 is 0 Å². The fourth-order valence-electron chi connectivity index (χ4n) is 3.06. The lowest BCUT2D eigenvalue weighted by Gasteiger charge is -2.11. The average Bonchev–Trinajstić information content (AvgIpc) is 2.88. The van der Waals surface area contributed by atoms with Gasteiger partial charge in [0.25, 0.3) is 15.9 Å². The number of ether oxygens (including phenoxy) is 4. The van der Waals surface area contributed by atoms with Crippen molar-refractivity contribution in [3.05, 3.63) is 71.8 Å². The highest BCUT2D eigenvalue weighted by Crippen LogP contribution is 2.33. The number of rotatable bonds is 10. The van der Waals surface area contributed by atoms with E-state index in [0.717, 1.165) is 0 Å². The van der Waals surface area contributed by atoms with Crippen molar-refractivity contribution in [3.63, 3.8) is 0 Å². The van der Waals surface area contributed by atoms with E-state index in [2.05, 4.69) is 15.2 Å². The summed E-state index contributed by atoms with van der Waals surface area (Å²) in [6.07, 6.45) is 1.38. The SMILES string of the molecule is COc1ccc(NS(=O)(=O)c2cccc(C(=O)NN=Cc3cc(OC)c(OC)cc3OC)c2)cc1. The minimum absolute atomic E-state index is 0.0773. The number of amides is 1. The van der Waals surface area contributed by atoms with Crippen LogP contribution in [0.25, 0.3) is 0 Å². The van der Waals surface area contributed by atoms with E-state index in [1.807, 2.05) is 0 Å². The normalized spacial score (nSPS) is 11.1. The Morgan fingerprint density at radius 1 is 0.829 bits per heavy atom. The number of hydrogen-bond donors (Lipinski definition) is 2. The van der Waals surface area contributed by atoms with Crippen molar-refractivity contribution in [1.29, 1.82) is 0 Å². The van der Waals surface area contributed by atoms with Gasteiger partial charge in [-0.25, -0.2) is 13.8 Å². The summed E-state index contributed by atoms with van der Waals surface area (Å²) in [5.74, 6) is 1.40. The van der Waals surface area contributed by atoms with Gasteiger partial charge in [-0.05, 0) is 48.5 Å². The van der Waals surface area contributed by atoms with Crippen LogP contribution in [-0.4, -0.2) is 49.0 Å². The van der Waals surface area contributed by atoms with Gasteiger partial charge in [-0.2, -0.15) is 5.10 Å². The van der Waals surface area contributed by atoms with Gasteiger partial charge in [0.15, 0.2) is 11.5 Å². The largest absolute Gasteiger partial charge is 0.497 e. The molecule has 0 spiro atoms. The van der Waals surface area contributed by atoms with Crippen molar-refractivity contribution in [3.8, 4) is 23.0 Å². The maximum atomic E-state index is 12.8. The maximum Gasteiger partial charge on any atom is 0.271 e. The molecule has 35 heavy (non-hydrogen) atoms. The highest BCUT2D eigenvalue weighted by Gasteiger charge is 2.17. The van der Waals surface area contributed by atoms with E-state index < -0.39 is 15.9 Å². The first-order valence-corrected chi connectivity index (χ1v) is 11.7. The van der Waals surface area contributed by atoms with Crippen molar-refractivity contribution in [2.24, 2.45) is 5.10 Å². The van der Waals surface area contributed by atoms with Crippen molar-refractivity contribution >= 4 is 27.8 Å². The van der Waals surface area contributed by atoms with Gasteiger partial charge in [-0.3, -0.25) is 9.52 Å². The second-order valence-electron chi connectivity index (χ2n) is 7.01. The fourth-order valence-corrected chi connectivity index (χ4v) is 4.16. The minimum Gasteiger partial charge on any atom is -0.497 e. The van der Waals surface area contributed by atoms with E-state index in [1.165, 1.54) is 58.9 Å². The summed E-state index contributed by atoms with van der Waals surface area (Å²) in [7, 11) is 2.08. The molecule has 0 fully saturated rings. The van der Waals surface area contributed by atoms with Crippen LogP contribution in [0.1, 0.15) is 15.9 Å². The molecule has 3 rings (SSSR count). The third-order valence-corrected chi connectivity index (χ3v) is 6.23. The Hall–Kier alpha value is -4.25. The van der Waals surface area contributed by atoms with Gasteiger partial charge in [-0.1, -0.05) is 6.07 Å². The van der Waals surface area contributed by atoms with E-state index in [9.17, 15) is 13.2 Å². The summed E-state index contributed by atoms with van der Waals surface area (Å²) < 4.78 is 48.9. The van der Waals surface area contributed by atoms with Crippen molar-refractivity contribution in [1.82, 2.24) is 5.43 Å². The fraction of sp³-hybridized carbons (Fsp3) is 0.167. The zero-order valence-corrected chi connectivity index (χ0v) is 20.4. The van der Waals surface area contributed by atoms with Crippen LogP contribution < -0.4 is 29.1 Å². The summed E-state index contributed by atoms with van der Waals surface area (Å²) in [5.41, 5.74) is 3.38. The molecule has 0 bridgehead atoms. The molecular formula is C24H25N3O7S. The van der Waals surface area contributed by atoms with Crippen LogP contribution >= 0.6 is 0 Å². The molecule has 0 radical (unpaired) electrons. The van der Waals surface area contributed by atoms with Crippen LogP contribution in [0.2, 0.25) is 0 Å². The Bertz CT molecular complexity index is 1320. The summed E-state index contributed by atoms with van der Waals surface area (Å²) >= 11 is 0. The minimum atomic E-state index is -3.93. The molecule has 0 aliphatic carbocycles.